The zero-order chi connectivity index (χ0) is 16.9. The van der Waals surface area contributed by atoms with Gasteiger partial charge >= 0.3 is 0 Å². The smallest absolute Gasteiger partial charge is 0.279 e. The maximum absolute atomic E-state index is 12.3. The first-order chi connectivity index (χ1) is 10.9. The Morgan fingerprint density at radius 1 is 1.09 bits per heavy atom. The number of amides is 1. The lowest BCUT2D eigenvalue weighted by atomic mass is 9.86. The maximum atomic E-state index is 12.3. The summed E-state index contributed by atoms with van der Waals surface area (Å²) in [6.07, 6.45) is 9.60. The Morgan fingerprint density at radius 2 is 1.70 bits per heavy atom. The number of carbonyl (C=O) groups is 1. The number of rotatable bonds is 6. The van der Waals surface area contributed by atoms with Crippen molar-refractivity contribution in [3.05, 3.63) is 0 Å². The van der Waals surface area contributed by atoms with Gasteiger partial charge in [-0.1, -0.05) is 32.1 Å². The van der Waals surface area contributed by atoms with E-state index in [0.717, 1.165) is 12.3 Å². The van der Waals surface area contributed by atoms with Crippen molar-refractivity contribution in [3.8, 4) is 0 Å². The van der Waals surface area contributed by atoms with Crippen molar-refractivity contribution in [1.82, 2.24) is 13.9 Å². The minimum Gasteiger partial charge on any atom is -0.343 e. The van der Waals surface area contributed by atoms with Crippen LogP contribution in [0.4, 0.5) is 0 Å². The van der Waals surface area contributed by atoms with Gasteiger partial charge in [-0.3, -0.25) is 4.79 Å². The van der Waals surface area contributed by atoms with Gasteiger partial charge < -0.3 is 4.90 Å². The van der Waals surface area contributed by atoms with E-state index in [1.807, 2.05) is 4.90 Å². The second-order valence-corrected chi connectivity index (χ2v) is 9.02. The van der Waals surface area contributed by atoms with Crippen molar-refractivity contribution >= 4 is 16.1 Å². The molecule has 0 aromatic heterocycles. The molecule has 1 saturated carbocycles. The number of hydrogen-bond donors (Lipinski definition) is 1. The van der Waals surface area contributed by atoms with E-state index in [-0.39, 0.29) is 11.9 Å². The summed E-state index contributed by atoms with van der Waals surface area (Å²) in [4.78, 5) is 14.2. The second kappa shape index (κ2) is 8.44. The van der Waals surface area contributed by atoms with E-state index in [4.69, 9.17) is 0 Å². The molecule has 1 aliphatic carbocycles. The summed E-state index contributed by atoms with van der Waals surface area (Å²) < 4.78 is 27.5. The molecule has 0 bridgehead atoms. The van der Waals surface area contributed by atoms with Crippen LogP contribution in [0.15, 0.2) is 0 Å². The van der Waals surface area contributed by atoms with Gasteiger partial charge in [-0.05, 0) is 25.2 Å². The van der Waals surface area contributed by atoms with Crippen molar-refractivity contribution in [1.29, 1.82) is 0 Å². The van der Waals surface area contributed by atoms with E-state index in [9.17, 15) is 13.2 Å². The highest BCUT2D eigenvalue weighted by molar-refractivity contribution is 7.87. The molecule has 7 heteroatoms. The van der Waals surface area contributed by atoms with Crippen LogP contribution in [-0.4, -0.2) is 56.8 Å². The van der Waals surface area contributed by atoms with Crippen molar-refractivity contribution in [3.63, 3.8) is 0 Å². The van der Waals surface area contributed by atoms with Gasteiger partial charge in [0.2, 0.25) is 5.91 Å². The number of piperidine rings is 1. The van der Waals surface area contributed by atoms with Crippen LogP contribution in [0.3, 0.4) is 0 Å². The van der Waals surface area contributed by atoms with Crippen LogP contribution < -0.4 is 4.72 Å². The number of nitrogens with zero attached hydrogens (tertiary/aromatic N) is 2. The molecular formula is C16H31N3O3S. The topological polar surface area (TPSA) is 69.7 Å². The normalized spacial score (nSPS) is 21.8. The van der Waals surface area contributed by atoms with Crippen LogP contribution in [-0.2, 0) is 15.0 Å². The third-order valence-corrected chi connectivity index (χ3v) is 6.73. The van der Waals surface area contributed by atoms with Crippen LogP contribution >= 0.6 is 0 Å². The van der Waals surface area contributed by atoms with Gasteiger partial charge in [0.1, 0.15) is 0 Å². The molecule has 0 atom stereocenters. The van der Waals surface area contributed by atoms with E-state index in [2.05, 4.69) is 4.72 Å². The second-order valence-electron chi connectivity index (χ2n) is 7.10. The highest BCUT2D eigenvalue weighted by Gasteiger charge is 2.27. The predicted octanol–water partition coefficient (Wildman–Crippen LogP) is 1.73. The SMILES string of the molecule is CN(C)S(=O)(=O)NC1CCN(C(=O)CCC2CCCCC2)CC1. The average molecular weight is 346 g/mol. The number of carbonyl (C=O) groups excluding carboxylic acids is 1. The highest BCUT2D eigenvalue weighted by Crippen LogP contribution is 2.27. The molecule has 1 amide bonds. The van der Waals surface area contributed by atoms with Crippen LogP contribution in [0.25, 0.3) is 0 Å². The molecule has 23 heavy (non-hydrogen) atoms. The predicted molar refractivity (Wildman–Crippen MR) is 91.2 cm³/mol. The number of nitrogens with one attached hydrogen (secondary N) is 1. The van der Waals surface area contributed by atoms with Crippen LogP contribution in [0.2, 0.25) is 0 Å². The highest BCUT2D eigenvalue weighted by atomic mass is 32.2. The van der Waals surface area contributed by atoms with Crippen molar-refractivity contribution < 1.29 is 13.2 Å². The molecule has 6 nitrogen and oxygen atoms in total. The lowest BCUT2D eigenvalue weighted by Gasteiger charge is -2.33. The van der Waals surface area contributed by atoms with E-state index in [1.165, 1.54) is 50.5 Å². The summed E-state index contributed by atoms with van der Waals surface area (Å²) in [6, 6.07) is -0.0650. The zero-order valence-corrected chi connectivity index (χ0v) is 15.3. The van der Waals surface area contributed by atoms with Crippen LogP contribution in [0.5, 0.6) is 0 Å². The summed E-state index contributed by atoms with van der Waals surface area (Å²) in [6.45, 7) is 1.31. The zero-order valence-electron chi connectivity index (χ0n) is 14.5. The summed E-state index contributed by atoms with van der Waals surface area (Å²) in [5, 5.41) is 0. The first-order valence-electron chi connectivity index (χ1n) is 8.86. The summed E-state index contributed by atoms with van der Waals surface area (Å²) in [7, 11) is -0.340. The molecule has 2 rings (SSSR count). The molecule has 2 fully saturated rings. The minimum atomic E-state index is -3.38. The fraction of sp³-hybridized carbons (Fsp3) is 0.938. The van der Waals surface area contributed by atoms with E-state index < -0.39 is 10.2 Å². The van der Waals surface area contributed by atoms with E-state index >= 15 is 0 Å². The standard InChI is InChI=1S/C16H31N3O3S/c1-18(2)23(21,22)17-15-10-12-19(13-11-15)16(20)9-8-14-6-4-3-5-7-14/h14-15,17H,3-13H2,1-2H3. The Labute approximate surface area is 140 Å². The molecule has 134 valence electrons. The first kappa shape index (κ1) is 18.7. The van der Waals surface area contributed by atoms with E-state index in [0.29, 0.717) is 32.4 Å². The van der Waals surface area contributed by atoms with Gasteiger partial charge in [0.15, 0.2) is 0 Å². The van der Waals surface area contributed by atoms with Crippen molar-refractivity contribution in [2.24, 2.45) is 5.92 Å². The Morgan fingerprint density at radius 3 is 2.26 bits per heavy atom. The molecule has 1 heterocycles. The molecule has 2 aliphatic rings. The fourth-order valence-electron chi connectivity index (χ4n) is 3.52. The van der Waals surface area contributed by atoms with Gasteiger partial charge in [-0.2, -0.15) is 17.4 Å². The molecule has 0 aromatic carbocycles. The molecule has 0 unspecified atom stereocenters. The molecule has 1 saturated heterocycles. The summed E-state index contributed by atoms with van der Waals surface area (Å²) >= 11 is 0. The largest absolute Gasteiger partial charge is 0.343 e. The first-order valence-corrected chi connectivity index (χ1v) is 10.3. The van der Waals surface area contributed by atoms with Crippen molar-refractivity contribution in [2.45, 2.75) is 63.8 Å². The summed E-state index contributed by atoms with van der Waals surface area (Å²) in [5.41, 5.74) is 0. The monoisotopic (exact) mass is 345 g/mol. The molecule has 0 aromatic rings. The molecule has 1 aliphatic heterocycles. The van der Waals surface area contributed by atoms with Crippen LogP contribution in [0, 0.1) is 5.92 Å². The Hall–Kier alpha value is -0.660. The third kappa shape index (κ3) is 5.72. The van der Waals surface area contributed by atoms with Crippen molar-refractivity contribution in [2.75, 3.05) is 27.2 Å². The minimum absolute atomic E-state index is 0.0650. The number of hydrogen-bond acceptors (Lipinski definition) is 3. The van der Waals surface area contributed by atoms with Gasteiger partial charge in [0, 0.05) is 39.6 Å². The Bertz CT molecular complexity index is 479. The maximum Gasteiger partial charge on any atom is 0.279 e. The molecule has 1 N–H and O–H groups in total. The average Bonchev–Trinajstić information content (AvgIpc) is 2.54. The Balaban J connectivity index is 1.70. The molecular weight excluding hydrogens is 314 g/mol. The van der Waals surface area contributed by atoms with E-state index in [1.54, 1.807) is 0 Å². The van der Waals surface area contributed by atoms with Gasteiger partial charge in [-0.15, -0.1) is 0 Å². The molecule has 0 spiro atoms. The van der Waals surface area contributed by atoms with Crippen LogP contribution in [0.1, 0.15) is 57.8 Å². The quantitative estimate of drug-likeness (QED) is 0.797. The Kier molecular flexibility index (Phi) is 6.85. The lowest BCUT2D eigenvalue weighted by molar-refractivity contribution is -0.132. The van der Waals surface area contributed by atoms with Gasteiger partial charge in [0.25, 0.3) is 10.2 Å². The summed E-state index contributed by atoms with van der Waals surface area (Å²) in [5.74, 6) is 0.974. The third-order valence-electron chi connectivity index (χ3n) is 5.14. The molecule has 0 radical (unpaired) electrons. The number of likely N-dealkylation sites (tertiary alicyclic amines) is 1. The lowest BCUT2D eigenvalue weighted by Crippen LogP contribution is -2.49. The van der Waals surface area contributed by atoms with Gasteiger partial charge in [-0.25, -0.2) is 0 Å². The fourth-order valence-corrected chi connectivity index (χ4v) is 4.39. The van der Waals surface area contributed by atoms with Gasteiger partial charge in [0.05, 0.1) is 0 Å².